The smallest absolute Gasteiger partial charge is 0.461 e. The van der Waals surface area contributed by atoms with Crippen molar-refractivity contribution in [2.75, 3.05) is 13.2 Å². The molecular formula is C9H11NO2Pd+2. The van der Waals surface area contributed by atoms with Gasteiger partial charge in [-0.3, -0.25) is 0 Å². The zero-order valence-electron chi connectivity index (χ0n) is 7.01. The molecule has 13 heavy (non-hydrogen) atoms. The Kier molecular flexibility index (Phi) is 6.43. The van der Waals surface area contributed by atoms with Crippen LogP contribution in [0.1, 0.15) is 10.4 Å². The van der Waals surface area contributed by atoms with Crippen LogP contribution in [0.3, 0.4) is 0 Å². The van der Waals surface area contributed by atoms with E-state index >= 15 is 0 Å². The zero-order valence-corrected chi connectivity index (χ0v) is 8.57. The largest absolute Gasteiger partial charge is 2.00 e. The van der Waals surface area contributed by atoms with E-state index in [1.165, 1.54) is 0 Å². The molecule has 0 heterocycles. The van der Waals surface area contributed by atoms with Gasteiger partial charge >= 0.3 is 26.4 Å². The van der Waals surface area contributed by atoms with E-state index in [1.807, 2.05) is 6.07 Å². The summed E-state index contributed by atoms with van der Waals surface area (Å²) in [4.78, 5) is 11.1. The summed E-state index contributed by atoms with van der Waals surface area (Å²) in [6.07, 6.45) is 0. The third kappa shape index (κ3) is 4.18. The van der Waals surface area contributed by atoms with Gasteiger partial charge in [-0.25, -0.2) is 4.79 Å². The maximum Gasteiger partial charge on any atom is 2.00 e. The molecule has 0 atom stereocenters. The molecule has 0 aliphatic heterocycles. The molecule has 0 spiro atoms. The number of ether oxygens (including phenoxy) is 1. The molecule has 4 heteroatoms. The summed E-state index contributed by atoms with van der Waals surface area (Å²) in [5.41, 5.74) is 5.74. The zero-order chi connectivity index (χ0) is 8.81. The van der Waals surface area contributed by atoms with Crippen molar-refractivity contribution in [3.05, 3.63) is 35.9 Å². The van der Waals surface area contributed by atoms with Crippen molar-refractivity contribution in [2.45, 2.75) is 0 Å². The summed E-state index contributed by atoms with van der Waals surface area (Å²) in [6, 6.07) is 8.84. The molecule has 2 N–H and O–H groups in total. The molecule has 0 aliphatic carbocycles. The van der Waals surface area contributed by atoms with E-state index in [0.717, 1.165) is 0 Å². The molecule has 0 saturated carbocycles. The SMILES string of the molecule is NCCOC(=O)c1ccccc1.[Pd+2]. The number of rotatable bonds is 3. The molecule has 0 radical (unpaired) electrons. The first-order valence-corrected chi connectivity index (χ1v) is 3.77. The summed E-state index contributed by atoms with van der Waals surface area (Å²) in [5.74, 6) is -0.318. The van der Waals surface area contributed by atoms with Gasteiger partial charge in [-0.05, 0) is 12.1 Å². The van der Waals surface area contributed by atoms with Gasteiger partial charge in [0, 0.05) is 6.54 Å². The van der Waals surface area contributed by atoms with Crippen molar-refractivity contribution in [3.63, 3.8) is 0 Å². The summed E-state index contributed by atoms with van der Waals surface area (Å²) in [5, 5.41) is 0. The summed E-state index contributed by atoms with van der Waals surface area (Å²) < 4.78 is 4.81. The molecule has 0 aromatic heterocycles. The quantitative estimate of drug-likeness (QED) is 0.653. The van der Waals surface area contributed by atoms with Crippen LogP contribution in [0.25, 0.3) is 0 Å². The van der Waals surface area contributed by atoms with Crippen LogP contribution in [0.2, 0.25) is 0 Å². The second-order valence-corrected chi connectivity index (χ2v) is 2.29. The predicted molar refractivity (Wildman–Crippen MR) is 45.8 cm³/mol. The van der Waals surface area contributed by atoms with Gasteiger partial charge in [0.25, 0.3) is 0 Å². The number of benzene rings is 1. The standard InChI is InChI=1S/C9H11NO2.Pd/c10-6-7-12-9(11)8-4-2-1-3-5-8;/h1-5H,6-7,10H2;/q;+2. The normalized spacial score (nSPS) is 8.69. The van der Waals surface area contributed by atoms with Crippen LogP contribution in [-0.4, -0.2) is 19.1 Å². The third-order valence-corrected chi connectivity index (χ3v) is 1.36. The first-order valence-electron chi connectivity index (χ1n) is 3.77. The Balaban J connectivity index is 0.00000144. The average molecular weight is 272 g/mol. The predicted octanol–water partition coefficient (Wildman–Crippen LogP) is 0.800. The Hall–Kier alpha value is -0.688. The minimum atomic E-state index is -0.318. The molecule has 3 nitrogen and oxygen atoms in total. The van der Waals surface area contributed by atoms with E-state index in [1.54, 1.807) is 24.3 Å². The maximum absolute atomic E-state index is 11.1. The monoisotopic (exact) mass is 271 g/mol. The molecule has 0 amide bonds. The van der Waals surface area contributed by atoms with Crippen molar-refractivity contribution < 1.29 is 30.0 Å². The van der Waals surface area contributed by atoms with Crippen molar-refractivity contribution >= 4 is 5.97 Å². The number of carbonyl (C=O) groups excluding carboxylic acids is 1. The Labute approximate surface area is 90.9 Å². The summed E-state index contributed by atoms with van der Waals surface area (Å²) in [7, 11) is 0. The number of hydrogen-bond acceptors (Lipinski definition) is 3. The van der Waals surface area contributed by atoms with E-state index in [0.29, 0.717) is 12.1 Å². The number of carbonyl (C=O) groups is 1. The topological polar surface area (TPSA) is 52.3 Å². The molecule has 0 unspecified atom stereocenters. The van der Waals surface area contributed by atoms with Crippen molar-refractivity contribution in [3.8, 4) is 0 Å². The Morgan fingerprint density at radius 3 is 2.46 bits per heavy atom. The summed E-state index contributed by atoms with van der Waals surface area (Å²) in [6.45, 7) is 0.631. The fraction of sp³-hybridized carbons (Fsp3) is 0.222. The van der Waals surface area contributed by atoms with Crippen LogP contribution in [0.5, 0.6) is 0 Å². The van der Waals surface area contributed by atoms with Crippen LogP contribution >= 0.6 is 0 Å². The Morgan fingerprint density at radius 1 is 1.31 bits per heavy atom. The molecular weight excluding hydrogens is 261 g/mol. The molecule has 0 fully saturated rings. The van der Waals surface area contributed by atoms with Crippen LogP contribution < -0.4 is 5.73 Å². The van der Waals surface area contributed by atoms with Crippen molar-refractivity contribution in [1.29, 1.82) is 0 Å². The number of hydrogen-bond donors (Lipinski definition) is 1. The van der Waals surface area contributed by atoms with Crippen molar-refractivity contribution in [2.24, 2.45) is 5.73 Å². The number of nitrogens with two attached hydrogens (primary N) is 1. The Morgan fingerprint density at radius 2 is 1.92 bits per heavy atom. The van der Waals surface area contributed by atoms with Crippen LogP contribution in [0.15, 0.2) is 30.3 Å². The molecule has 0 saturated heterocycles. The second kappa shape index (κ2) is 6.79. The summed E-state index contributed by atoms with van der Waals surface area (Å²) >= 11 is 0. The van der Waals surface area contributed by atoms with Gasteiger partial charge in [-0.1, -0.05) is 18.2 Å². The molecule has 1 aromatic rings. The molecule has 1 rings (SSSR count). The van der Waals surface area contributed by atoms with Gasteiger partial charge in [0.15, 0.2) is 0 Å². The average Bonchev–Trinajstić information content (AvgIpc) is 2.15. The van der Waals surface area contributed by atoms with Gasteiger partial charge < -0.3 is 10.5 Å². The van der Waals surface area contributed by atoms with Gasteiger partial charge in [0.2, 0.25) is 0 Å². The van der Waals surface area contributed by atoms with Gasteiger partial charge in [0.05, 0.1) is 5.56 Å². The van der Waals surface area contributed by atoms with Crippen LogP contribution in [0.4, 0.5) is 0 Å². The second-order valence-electron chi connectivity index (χ2n) is 2.29. The van der Waals surface area contributed by atoms with Gasteiger partial charge in [-0.15, -0.1) is 0 Å². The van der Waals surface area contributed by atoms with E-state index in [4.69, 9.17) is 10.5 Å². The third-order valence-electron chi connectivity index (χ3n) is 1.36. The van der Waals surface area contributed by atoms with Gasteiger partial charge in [0.1, 0.15) is 6.61 Å². The van der Waals surface area contributed by atoms with E-state index in [9.17, 15) is 4.79 Å². The van der Waals surface area contributed by atoms with Gasteiger partial charge in [-0.2, -0.15) is 0 Å². The van der Waals surface area contributed by atoms with Crippen molar-refractivity contribution in [1.82, 2.24) is 0 Å². The van der Waals surface area contributed by atoms with Crippen LogP contribution in [-0.2, 0) is 25.2 Å². The van der Waals surface area contributed by atoms with E-state index < -0.39 is 0 Å². The maximum atomic E-state index is 11.1. The minimum Gasteiger partial charge on any atom is -0.461 e. The fourth-order valence-corrected chi connectivity index (χ4v) is 0.809. The number of esters is 1. The molecule has 1 aromatic carbocycles. The molecule has 72 valence electrons. The first-order chi connectivity index (χ1) is 5.84. The Bertz CT molecular complexity index is 251. The van der Waals surface area contributed by atoms with Crippen LogP contribution in [0, 0.1) is 0 Å². The molecule has 0 bridgehead atoms. The van der Waals surface area contributed by atoms with E-state index in [2.05, 4.69) is 0 Å². The van der Waals surface area contributed by atoms with E-state index in [-0.39, 0.29) is 33.0 Å². The molecule has 0 aliphatic rings. The fourth-order valence-electron chi connectivity index (χ4n) is 0.809. The first kappa shape index (κ1) is 12.3. The minimum absolute atomic E-state index is 0.